The van der Waals surface area contributed by atoms with E-state index in [1.165, 1.54) is 6.07 Å². The molecule has 0 amide bonds. The first-order valence-corrected chi connectivity index (χ1v) is 6.07. The summed E-state index contributed by atoms with van der Waals surface area (Å²) in [7, 11) is 0. The molecule has 1 fully saturated rings. The van der Waals surface area contributed by atoms with Crippen molar-refractivity contribution in [2.45, 2.75) is 32.3 Å². The van der Waals surface area contributed by atoms with Crippen LogP contribution in [0.1, 0.15) is 25.3 Å². The molecule has 1 aromatic rings. The Morgan fingerprint density at radius 1 is 1.44 bits per heavy atom. The highest BCUT2D eigenvalue weighted by atomic mass is 35.5. The Bertz CT molecular complexity index is 380. The number of benzene rings is 1. The van der Waals surface area contributed by atoms with Crippen molar-refractivity contribution in [1.29, 1.82) is 0 Å². The van der Waals surface area contributed by atoms with Crippen LogP contribution in [0, 0.1) is 17.7 Å². The first-order valence-electron chi connectivity index (χ1n) is 5.70. The predicted molar refractivity (Wildman–Crippen MR) is 63.0 cm³/mol. The van der Waals surface area contributed by atoms with Crippen molar-refractivity contribution < 1.29 is 9.50 Å². The Kier molecular flexibility index (Phi) is 3.50. The molecular weight excluding hydrogens is 227 g/mol. The van der Waals surface area contributed by atoms with Crippen LogP contribution in [0.3, 0.4) is 0 Å². The summed E-state index contributed by atoms with van der Waals surface area (Å²) in [4.78, 5) is 0. The van der Waals surface area contributed by atoms with E-state index < -0.39 is 0 Å². The summed E-state index contributed by atoms with van der Waals surface area (Å²) in [5.41, 5.74) is 0.704. The van der Waals surface area contributed by atoms with Gasteiger partial charge in [0.05, 0.1) is 6.10 Å². The molecule has 3 atom stereocenters. The third-order valence-electron chi connectivity index (χ3n) is 3.68. The highest BCUT2D eigenvalue weighted by Gasteiger charge is 2.31. The molecule has 0 bridgehead atoms. The lowest BCUT2D eigenvalue weighted by Gasteiger charge is -2.17. The fraction of sp³-hybridized carbons (Fsp3) is 0.538. The van der Waals surface area contributed by atoms with Crippen LogP contribution in [0.4, 0.5) is 4.39 Å². The molecule has 1 saturated carbocycles. The second-order valence-electron chi connectivity index (χ2n) is 4.70. The minimum Gasteiger partial charge on any atom is -0.393 e. The Morgan fingerprint density at radius 3 is 2.75 bits per heavy atom. The Hall–Kier alpha value is -0.600. The topological polar surface area (TPSA) is 20.2 Å². The molecule has 1 aliphatic rings. The van der Waals surface area contributed by atoms with Gasteiger partial charge in [-0.1, -0.05) is 24.6 Å². The average Bonchev–Trinajstić information content (AvgIpc) is 2.54. The van der Waals surface area contributed by atoms with Crippen LogP contribution in [-0.4, -0.2) is 11.2 Å². The molecular formula is C13H16ClFO. The zero-order valence-corrected chi connectivity index (χ0v) is 10.0. The van der Waals surface area contributed by atoms with Crippen LogP contribution in [0.25, 0.3) is 0 Å². The highest BCUT2D eigenvalue weighted by Crippen LogP contribution is 2.34. The predicted octanol–water partition coefficient (Wildman–Crippen LogP) is 3.43. The van der Waals surface area contributed by atoms with Crippen molar-refractivity contribution in [3.63, 3.8) is 0 Å². The summed E-state index contributed by atoms with van der Waals surface area (Å²) in [6.45, 7) is 2.04. The number of hydrogen-bond acceptors (Lipinski definition) is 1. The zero-order valence-electron chi connectivity index (χ0n) is 9.29. The molecule has 0 aromatic heterocycles. The van der Waals surface area contributed by atoms with Crippen molar-refractivity contribution in [1.82, 2.24) is 0 Å². The fourth-order valence-electron chi connectivity index (χ4n) is 2.48. The molecule has 0 heterocycles. The quantitative estimate of drug-likeness (QED) is 0.843. The molecule has 3 heteroatoms. The number of aliphatic hydroxyl groups excluding tert-OH is 1. The van der Waals surface area contributed by atoms with E-state index in [1.807, 2.05) is 6.92 Å². The van der Waals surface area contributed by atoms with E-state index in [0.29, 0.717) is 22.9 Å². The van der Waals surface area contributed by atoms with Gasteiger partial charge in [0, 0.05) is 5.02 Å². The van der Waals surface area contributed by atoms with Crippen molar-refractivity contribution in [3.05, 3.63) is 34.6 Å². The molecule has 0 radical (unpaired) electrons. The first-order chi connectivity index (χ1) is 7.58. The lowest BCUT2D eigenvalue weighted by atomic mass is 9.90. The minimum atomic E-state index is -0.235. The molecule has 1 N–H and O–H groups in total. The third kappa shape index (κ3) is 2.38. The van der Waals surface area contributed by atoms with Gasteiger partial charge in [-0.3, -0.25) is 0 Å². The van der Waals surface area contributed by atoms with E-state index in [4.69, 9.17) is 11.6 Å². The molecule has 0 aliphatic heterocycles. The number of halogens is 2. The molecule has 1 aliphatic carbocycles. The summed E-state index contributed by atoms with van der Waals surface area (Å²) < 4.78 is 13.6. The van der Waals surface area contributed by atoms with Gasteiger partial charge >= 0.3 is 0 Å². The molecule has 88 valence electrons. The summed E-state index contributed by atoms with van der Waals surface area (Å²) in [6.07, 6.45) is 2.28. The Morgan fingerprint density at radius 2 is 2.19 bits per heavy atom. The second kappa shape index (κ2) is 4.72. The van der Waals surface area contributed by atoms with Gasteiger partial charge in [0.15, 0.2) is 0 Å². The van der Waals surface area contributed by atoms with Crippen LogP contribution in [0.15, 0.2) is 18.2 Å². The number of hydrogen-bond donors (Lipinski definition) is 1. The molecule has 0 saturated heterocycles. The van der Waals surface area contributed by atoms with Gasteiger partial charge in [0.25, 0.3) is 0 Å². The molecule has 3 unspecified atom stereocenters. The Labute approximate surface area is 100 Å². The van der Waals surface area contributed by atoms with Gasteiger partial charge in [0.1, 0.15) is 5.82 Å². The standard InChI is InChI=1S/C13H16ClFO/c1-8-9(3-5-13(8)16)6-10-2-4-11(14)7-12(10)15/h2,4,7-9,13,16H,3,5-6H2,1H3. The van der Waals surface area contributed by atoms with Crippen LogP contribution >= 0.6 is 11.6 Å². The summed E-state index contributed by atoms with van der Waals surface area (Å²) in [6, 6.07) is 4.82. The molecule has 0 spiro atoms. The van der Waals surface area contributed by atoms with Crippen LogP contribution < -0.4 is 0 Å². The fourth-order valence-corrected chi connectivity index (χ4v) is 2.64. The van der Waals surface area contributed by atoms with Gasteiger partial charge in [-0.2, -0.15) is 0 Å². The molecule has 16 heavy (non-hydrogen) atoms. The van der Waals surface area contributed by atoms with E-state index in [0.717, 1.165) is 12.8 Å². The van der Waals surface area contributed by atoms with Crippen LogP contribution in [-0.2, 0) is 6.42 Å². The zero-order chi connectivity index (χ0) is 11.7. The summed E-state index contributed by atoms with van der Waals surface area (Å²) >= 11 is 5.71. The Balaban J connectivity index is 2.09. The SMILES string of the molecule is CC1C(O)CCC1Cc1ccc(Cl)cc1F. The smallest absolute Gasteiger partial charge is 0.127 e. The van der Waals surface area contributed by atoms with Crippen molar-refractivity contribution >= 4 is 11.6 Å². The number of aliphatic hydroxyl groups is 1. The average molecular weight is 243 g/mol. The number of rotatable bonds is 2. The highest BCUT2D eigenvalue weighted by molar-refractivity contribution is 6.30. The first kappa shape index (κ1) is 11.9. The van der Waals surface area contributed by atoms with Crippen LogP contribution in [0.2, 0.25) is 5.02 Å². The van der Waals surface area contributed by atoms with E-state index in [9.17, 15) is 9.50 Å². The van der Waals surface area contributed by atoms with E-state index in [2.05, 4.69) is 0 Å². The van der Waals surface area contributed by atoms with Gasteiger partial charge in [0.2, 0.25) is 0 Å². The maximum absolute atomic E-state index is 13.6. The van der Waals surface area contributed by atoms with Gasteiger partial charge in [-0.05, 0) is 48.8 Å². The largest absolute Gasteiger partial charge is 0.393 e. The van der Waals surface area contributed by atoms with Gasteiger partial charge in [-0.15, -0.1) is 0 Å². The maximum Gasteiger partial charge on any atom is 0.127 e. The minimum absolute atomic E-state index is 0.222. The van der Waals surface area contributed by atoms with Crippen molar-refractivity contribution in [3.8, 4) is 0 Å². The maximum atomic E-state index is 13.6. The second-order valence-corrected chi connectivity index (χ2v) is 5.14. The van der Waals surface area contributed by atoms with E-state index >= 15 is 0 Å². The van der Waals surface area contributed by atoms with Gasteiger partial charge < -0.3 is 5.11 Å². The normalized spacial score (nSPS) is 29.6. The summed E-state index contributed by atoms with van der Waals surface area (Å²) in [5.74, 6) is 0.404. The van der Waals surface area contributed by atoms with Crippen LogP contribution in [0.5, 0.6) is 0 Å². The third-order valence-corrected chi connectivity index (χ3v) is 3.92. The van der Waals surface area contributed by atoms with Gasteiger partial charge in [-0.25, -0.2) is 4.39 Å². The monoisotopic (exact) mass is 242 g/mol. The molecule has 1 aromatic carbocycles. The summed E-state index contributed by atoms with van der Waals surface area (Å²) in [5, 5.41) is 10.1. The lowest BCUT2D eigenvalue weighted by molar-refractivity contribution is 0.127. The van der Waals surface area contributed by atoms with E-state index in [1.54, 1.807) is 12.1 Å². The lowest BCUT2D eigenvalue weighted by Crippen LogP contribution is -2.17. The van der Waals surface area contributed by atoms with Crippen molar-refractivity contribution in [2.24, 2.45) is 11.8 Å². The molecule has 2 rings (SSSR count). The molecule has 1 nitrogen and oxygen atoms in total. The van der Waals surface area contributed by atoms with E-state index in [-0.39, 0.29) is 17.8 Å². The van der Waals surface area contributed by atoms with Crippen molar-refractivity contribution in [2.75, 3.05) is 0 Å².